The fourth-order valence-corrected chi connectivity index (χ4v) is 3.16. The first-order valence-electron chi connectivity index (χ1n) is 8.25. The van der Waals surface area contributed by atoms with E-state index < -0.39 is 23.2 Å². The third-order valence-electron chi connectivity index (χ3n) is 4.53. The van der Waals surface area contributed by atoms with Crippen LogP contribution in [0.1, 0.15) is 30.6 Å². The number of hydrogen-bond acceptors (Lipinski definition) is 6. The Labute approximate surface area is 145 Å². The lowest BCUT2D eigenvalue weighted by molar-refractivity contribution is -0.386. The van der Waals surface area contributed by atoms with E-state index in [1.165, 1.54) is 12.4 Å². The molecule has 3 rings (SSSR count). The van der Waals surface area contributed by atoms with E-state index in [1.807, 2.05) is 30.3 Å². The Bertz CT molecular complexity index is 725. The highest BCUT2D eigenvalue weighted by Crippen LogP contribution is 2.35. The molecule has 1 aromatic heterocycles. The van der Waals surface area contributed by atoms with E-state index in [1.54, 1.807) is 13.0 Å². The smallest absolute Gasteiger partial charge is 0.293 e. The zero-order valence-electron chi connectivity index (χ0n) is 13.9. The van der Waals surface area contributed by atoms with E-state index in [2.05, 4.69) is 10.3 Å². The van der Waals surface area contributed by atoms with Gasteiger partial charge >= 0.3 is 0 Å². The summed E-state index contributed by atoms with van der Waals surface area (Å²) in [4.78, 5) is 14.6. The molecule has 7 heteroatoms. The van der Waals surface area contributed by atoms with Crippen molar-refractivity contribution in [3.8, 4) is 0 Å². The lowest BCUT2D eigenvalue weighted by Gasteiger charge is -2.38. The lowest BCUT2D eigenvalue weighted by Crippen LogP contribution is -2.51. The molecule has 2 aromatic rings. The quantitative estimate of drug-likeness (QED) is 0.639. The third-order valence-corrected chi connectivity index (χ3v) is 4.53. The summed E-state index contributed by atoms with van der Waals surface area (Å²) in [7, 11) is 0. The van der Waals surface area contributed by atoms with E-state index in [0.29, 0.717) is 18.5 Å². The van der Waals surface area contributed by atoms with Crippen LogP contribution in [0.25, 0.3) is 0 Å². The first-order valence-corrected chi connectivity index (χ1v) is 8.25. The van der Waals surface area contributed by atoms with Crippen LogP contribution in [0.4, 0.5) is 5.69 Å². The van der Waals surface area contributed by atoms with Gasteiger partial charge in [0.1, 0.15) is 6.20 Å². The van der Waals surface area contributed by atoms with Crippen molar-refractivity contribution in [2.24, 2.45) is 0 Å². The van der Waals surface area contributed by atoms with Crippen LogP contribution < -0.4 is 5.32 Å². The number of nitrogens with one attached hydrogen (secondary N) is 1. The van der Waals surface area contributed by atoms with Crippen LogP contribution in [-0.2, 0) is 11.3 Å². The zero-order valence-corrected chi connectivity index (χ0v) is 13.9. The van der Waals surface area contributed by atoms with Crippen LogP contribution in [0, 0.1) is 10.1 Å². The van der Waals surface area contributed by atoms with E-state index in [-0.39, 0.29) is 11.7 Å². The lowest BCUT2D eigenvalue weighted by atomic mass is 9.92. The van der Waals surface area contributed by atoms with Gasteiger partial charge in [-0.3, -0.25) is 15.1 Å². The summed E-state index contributed by atoms with van der Waals surface area (Å²) in [5.74, 6) is 0. The second-order valence-corrected chi connectivity index (χ2v) is 6.22. The highest BCUT2D eigenvalue weighted by Gasteiger charge is 2.37. The Morgan fingerprint density at radius 1 is 1.36 bits per heavy atom. The summed E-state index contributed by atoms with van der Waals surface area (Å²) in [5, 5.41) is 25.0. The number of aromatic nitrogens is 1. The molecule has 0 amide bonds. The molecule has 1 aliphatic rings. The first-order chi connectivity index (χ1) is 12.1. The number of aliphatic hydroxyl groups is 1. The van der Waals surface area contributed by atoms with Crippen molar-refractivity contribution < 1.29 is 14.8 Å². The van der Waals surface area contributed by atoms with Gasteiger partial charge in [0.2, 0.25) is 0 Å². The van der Waals surface area contributed by atoms with Crippen LogP contribution in [-0.4, -0.2) is 33.3 Å². The molecule has 1 saturated heterocycles. The molecule has 1 fully saturated rings. The molecule has 4 atom stereocenters. The summed E-state index contributed by atoms with van der Waals surface area (Å²) in [6, 6.07) is 11.3. The molecule has 132 valence electrons. The average molecular weight is 343 g/mol. The van der Waals surface area contributed by atoms with E-state index in [4.69, 9.17) is 4.74 Å². The SMILES string of the molecule is C[C@H]1O[C@@H](c2ccncc2[N+](=O)[O-])C[C@@H](NCc2ccccc2)[C@@H]1O. The first kappa shape index (κ1) is 17.5. The Morgan fingerprint density at radius 2 is 2.12 bits per heavy atom. The minimum atomic E-state index is -0.680. The van der Waals surface area contributed by atoms with Crippen molar-refractivity contribution in [1.29, 1.82) is 0 Å². The van der Waals surface area contributed by atoms with Crippen LogP contribution in [0.15, 0.2) is 48.8 Å². The van der Waals surface area contributed by atoms with Gasteiger partial charge in [0.15, 0.2) is 0 Å². The Balaban J connectivity index is 1.76. The maximum atomic E-state index is 11.2. The van der Waals surface area contributed by atoms with Crippen molar-refractivity contribution in [2.45, 2.75) is 44.2 Å². The molecule has 7 nitrogen and oxygen atoms in total. The number of hydrogen-bond donors (Lipinski definition) is 2. The van der Waals surface area contributed by atoms with Gasteiger partial charge in [-0.15, -0.1) is 0 Å². The highest BCUT2D eigenvalue weighted by molar-refractivity contribution is 5.39. The van der Waals surface area contributed by atoms with Gasteiger partial charge < -0.3 is 15.2 Å². The molecular formula is C18H21N3O4. The Kier molecular flexibility index (Phi) is 5.37. The minimum Gasteiger partial charge on any atom is -0.389 e. The number of nitrogens with zero attached hydrogens (tertiary/aromatic N) is 2. The summed E-state index contributed by atoms with van der Waals surface area (Å²) < 4.78 is 5.84. The fraction of sp³-hybridized carbons (Fsp3) is 0.389. The Morgan fingerprint density at radius 3 is 2.84 bits per heavy atom. The summed E-state index contributed by atoms with van der Waals surface area (Å²) in [6.45, 7) is 2.39. The molecule has 25 heavy (non-hydrogen) atoms. The molecule has 0 bridgehead atoms. The molecular weight excluding hydrogens is 322 g/mol. The van der Waals surface area contributed by atoms with Gasteiger partial charge in [0.25, 0.3) is 5.69 Å². The second kappa shape index (κ2) is 7.69. The molecule has 2 heterocycles. The number of ether oxygens (including phenoxy) is 1. The molecule has 0 unspecified atom stereocenters. The van der Waals surface area contributed by atoms with Crippen molar-refractivity contribution in [3.05, 3.63) is 70.0 Å². The molecule has 0 saturated carbocycles. The van der Waals surface area contributed by atoms with Crippen LogP contribution >= 0.6 is 0 Å². The van der Waals surface area contributed by atoms with E-state index in [0.717, 1.165) is 5.56 Å². The molecule has 0 spiro atoms. The number of pyridine rings is 1. The molecule has 2 N–H and O–H groups in total. The second-order valence-electron chi connectivity index (χ2n) is 6.22. The summed E-state index contributed by atoms with van der Waals surface area (Å²) in [6.07, 6.45) is 1.63. The van der Waals surface area contributed by atoms with Gasteiger partial charge in [-0.1, -0.05) is 30.3 Å². The van der Waals surface area contributed by atoms with Crippen LogP contribution in [0.3, 0.4) is 0 Å². The average Bonchev–Trinajstić information content (AvgIpc) is 2.63. The predicted octanol–water partition coefficient (Wildman–Crippen LogP) is 2.36. The number of benzene rings is 1. The van der Waals surface area contributed by atoms with Gasteiger partial charge in [-0.25, -0.2) is 0 Å². The molecule has 1 aromatic carbocycles. The zero-order chi connectivity index (χ0) is 17.8. The molecule has 0 radical (unpaired) electrons. The van der Waals surface area contributed by atoms with Crippen molar-refractivity contribution in [1.82, 2.24) is 10.3 Å². The van der Waals surface area contributed by atoms with Crippen LogP contribution in [0.5, 0.6) is 0 Å². The van der Waals surface area contributed by atoms with Gasteiger partial charge in [0, 0.05) is 18.8 Å². The van der Waals surface area contributed by atoms with E-state index >= 15 is 0 Å². The standard InChI is InChI=1S/C18H21N3O4/c1-12-18(22)15(20-10-13-5-3-2-4-6-13)9-17(25-12)14-7-8-19-11-16(14)21(23)24/h2-8,11-12,15,17-18,20,22H,9-10H2,1H3/t12-,15-,17-,18-/m1/s1. The fourth-order valence-electron chi connectivity index (χ4n) is 3.16. The van der Waals surface area contributed by atoms with Crippen molar-refractivity contribution in [2.75, 3.05) is 0 Å². The molecule has 0 aliphatic carbocycles. The Hall–Kier alpha value is -2.35. The topological polar surface area (TPSA) is 97.5 Å². The van der Waals surface area contributed by atoms with Crippen LogP contribution in [0.2, 0.25) is 0 Å². The summed E-state index contributed by atoms with van der Waals surface area (Å²) in [5.41, 5.74) is 1.54. The van der Waals surface area contributed by atoms with E-state index in [9.17, 15) is 15.2 Å². The maximum absolute atomic E-state index is 11.2. The number of aliphatic hydroxyl groups excluding tert-OH is 1. The van der Waals surface area contributed by atoms with Crippen molar-refractivity contribution in [3.63, 3.8) is 0 Å². The minimum absolute atomic E-state index is 0.0575. The number of nitro groups is 1. The van der Waals surface area contributed by atoms with Gasteiger partial charge in [-0.2, -0.15) is 0 Å². The third kappa shape index (κ3) is 4.01. The van der Waals surface area contributed by atoms with Crippen molar-refractivity contribution >= 4 is 5.69 Å². The van der Waals surface area contributed by atoms with Gasteiger partial charge in [-0.05, 0) is 25.0 Å². The largest absolute Gasteiger partial charge is 0.389 e. The number of rotatable bonds is 5. The normalized spacial score (nSPS) is 26.3. The maximum Gasteiger partial charge on any atom is 0.293 e. The molecule has 1 aliphatic heterocycles. The predicted molar refractivity (Wildman–Crippen MR) is 91.9 cm³/mol. The monoisotopic (exact) mass is 343 g/mol. The summed E-state index contributed by atoms with van der Waals surface area (Å²) >= 11 is 0. The van der Waals surface area contributed by atoms with Gasteiger partial charge in [0.05, 0.1) is 28.8 Å². The highest BCUT2D eigenvalue weighted by atomic mass is 16.6.